The van der Waals surface area contributed by atoms with E-state index in [1.54, 1.807) is 11.8 Å². The zero-order valence-corrected chi connectivity index (χ0v) is 12.3. The third kappa shape index (κ3) is 5.78. The maximum Gasteiger partial charge on any atom is 0.251 e. The SMILES string of the molecule is CSc1ccc(C(=O)NCCCCCCCl)cc1. The molecular weight excluding hydrogens is 266 g/mol. The molecule has 0 aliphatic heterocycles. The van der Waals surface area contributed by atoms with E-state index in [4.69, 9.17) is 11.6 Å². The summed E-state index contributed by atoms with van der Waals surface area (Å²) in [5.41, 5.74) is 0.730. The third-order valence-electron chi connectivity index (χ3n) is 2.70. The van der Waals surface area contributed by atoms with Gasteiger partial charge in [-0.2, -0.15) is 0 Å². The Morgan fingerprint density at radius 1 is 1.17 bits per heavy atom. The highest BCUT2D eigenvalue weighted by Gasteiger charge is 2.03. The summed E-state index contributed by atoms with van der Waals surface area (Å²) in [4.78, 5) is 13.0. The molecule has 0 saturated carbocycles. The smallest absolute Gasteiger partial charge is 0.251 e. The van der Waals surface area contributed by atoms with Crippen LogP contribution in [0.25, 0.3) is 0 Å². The van der Waals surface area contributed by atoms with Gasteiger partial charge in [-0.3, -0.25) is 4.79 Å². The van der Waals surface area contributed by atoms with E-state index in [2.05, 4.69) is 5.32 Å². The number of thioether (sulfide) groups is 1. The number of benzene rings is 1. The van der Waals surface area contributed by atoms with Crippen LogP contribution in [0.5, 0.6) is 0 Å². The van der Waals surface area contributed by atoms with E-state index in [-0.39, 0.29) is 5.91 Å². The number of carbonyl (C=O) groups excluding carboxylic acids is 1. The minimum atomic E-state index is 0.0139. The van der Waals surface area contributed by atoms with Gasteiger partial charge in [0.2, 0.25) is 0 Å². The van der Waals surface area contributed by atoms with Gasteiger partial charge in [0.1, 0.15) is 0 Å². The van der Waals surface area contributed by atoms with Gasteiger partial charge in [-0.1, -0.05) is 12.8 Å². The monoisotopic (exact) mass is 285 g/mol. The first-order chi connectivity index (χ1) is 8.77. The lowest BCUT2D eigenvalue weighted by Crippen LogP contribution is -2.24. The number of unbranched alkanes of at least 4 members (excludes halogenated alkanes) is 3. The molecule has 0 fully saturated rings. The van der Waals surface area contributed by atoms with Crippen molar-refractivity contribution in [2.75, 3.05) is 18.7 Å². The molecule has 0 aliphatic carbocycles. The molecule has 0 aliphatic rings. The van der Waals surface area contributed by atoms with E-state index in [1.165, 1.54) is 4.90 Å². The highest BCUT2D eigenvalue weighted by atomic mass is 35.5. The summed E-state index contributed by atoms with van der Waals surface area (Å²) in [6.45, 7) is 0.741. The predicted molar refractivity (Wildman–Crippen MR) is 79.7 cm³/mol. The number of halogens is 1. The van der Waals surface area contributed by atoms with E-state index in [0.717, 1.165) is 43.7 Å². The zero-order chi connectivity index (χ0) is 13.2. The number of amides is 1. The molecule has 1 rings (SSSR count). The summed E-state index contributed by atoms with van der Waals surface area (Å²) >= 11 is 7.27. The van der Waals surface area contributed by atoms with Crippen LogP contribution in [0.3, 0.4) is 0 Å². The topological polar surface area (TPSA) is 29.1 Å². The summed E-state index contributed by atoms with van der Waals surface area (Å²) in [7, 11) is 0. The molecule has 1 aromatic carbocycles. The Bertz CT molecular complexity index is 353. The van der Waals surface area contributed by atoms with Gasteiger partial charge in [-0.15, -0.1) is 23.4 Å². The van der Waals surface area contributed by atoms with Gasteiger partial charge in [-0.05, 0) is 43.4 Å². The van der Waals surface area contributed by atoms with E-state index >= 15 is 0 Å². The second-order valence-corrected chi connectivity index (χ2v) is 5.35. The number of hydrogen-bond acceptors (Lipinski definition) is 2. The number of carbonyl (C=O) groups is 1. The van der Waals surface area contributed by atoms with E-state index in [9.17, 15) is 4.79 Å². The fourth-order valence-electron chi connectivity index (χ4n) is 1.62. The first-order valence-corrected chi connectivity index (χ1v) is 8.02. The van der Waals surface area contributed by atoms with Gasteiger partial charge in [0.05, 0.1) is 0 Å². The first-order valence-electron chi connectivity index (χ1n) is 6.26. The molecule has 0 unspecified atom stereocenters. The van der Waals surface area contributed by atoms with Crippen LogP contribution in [0, 0.1) is 0 Å². The summed E-state index contributed by atoms with van der Waals surface area (Å²) in [5, 5.41) is 2.93. The van der Waals surface area contributed by atoms with Crippen molar-refractivity contribution < 1.29 is 4.79 Å². The maximum absolute atomic E-state index is 11.8. The lowest BCUT2D eigenvalue weighted by atomic mass is 10.2. The Balaban J connectivity index is 2.23. The Hall–Kier alpha value is -0.670. The van der Waals surface area contributed by atoms with Crippen LogP contribution in [-0.4, -0.2) is 24.6 Å². The minimum absolute atomic E-state index is 0.0139. The molecule has 0 aromatic heterocycles. The molecule has 2 nitrogen and oxygen atoms in total. The maximum atomic E-state index is 11.8. The standard InChI is InChI=1S/C14H20ClNOS/c1-18-13-8-6-12(7-9-13)14(17)16-11-5-3-2-4-10-15/h6-9H,2-5,10-11H2,1H3,(H,16,17). The average molecular weight is 286 g/mol. The van der Waals surface area contributed by atoms with Crippen molar-refractivity contribution in [2.24, 2.45) is 0 Å². The molecule has 0 atom stereocenters. The Kier molecular flexibility index (Phi) is 7.94. The van der Waals surface area contributed by atoms with Crippen LogP contribution in [0.2, 0.25) is 0 Å². The molecule has 0 saturated heterocycles. The first kappa shape index (κ1) is 15.4. The zero-order valence-electron chi connectivity index (χ0n) is 10.7. The van der Waals surface area contributed by atoms with Gasteiger partial charge < -0.3 is 5.32 Å². The highest BCUT2D eigenvalue weighted by Crippen LogP contribution is 2.14. The van der Waals surface area contributed by atoms with Crippen LogP contribution in [0.4, 0.5) is 0 Å². The van der Waals surface area contributed by atoms with Gasteiger partial charge in [0.25, 0.3) is 5.91 Å². The molecule has 1 aromatic rings. The quantitative estimate of drug-likeness (QED) is 0.445. The van der Waals surface area contributed by atoms with Crippen LogP contribution in [0.15, 0.2) is 29.2 Å². The number of hydrogen-bond donors (Lipinski definition) is 1. The fraction of sp³-hybridized carbons (Fsp3) is 0.500. The van der Waals surface area contributed by atoms with Crippen molar-refractivity contribution in [3.8, 4) is 0 Å². The summed E-state index contributed by atoms with van der Waals surface area (Å²) in [6.07, 6.45) is 6.37. The summed E-state index contributed by atoms with van der Waals surface area (Å²) in [5.74, 6) is 0.744. The molecule has 4 heteroatoms. The van der Waals surface area contributed by atoms with Crippen molar-refractivity contribution in [1.29, 1.82) is 0 Å². The summed E-state index contributed by atoms with van der Waals surface area (Å²) < 4.78 is 0. The number of rotatable bonds is 8. The normalized spacial score (nSPS) is 10.3. The Labute approximate surface area is 118 Å². The largest absolute Gasteiger partial charge is 0.352 e. The second kappa shape index (κ2) is 9.29. The van der Waals surface area contributed by atoms with E-state index in [1.807, 2.05) is 30.5 Å². The van der Waals surface area contributed by atoms with Crippen molar-refractivity contribution in [2.45, 2.75) is 30.6 Å². The molecule has 0 spiro atoms. The lowest BCUT2D eigenvalue weighted by molar-refractivity contribution is 0.0953. The van der Waals surface area contributed by atoms with Gasteiger partial charge in [0, 0.05) is 22.9 Å². The van der Waals surface area contributed by atoms with Crippen LogP contribution in [-0.2, 0) is 0 Å². The van der Waals surface area contributed by atoms with Crippen molar-refractivity contribution in [3.63, 3.8) is 0 Å². The molecule has 0 bridgehead atoms. The fourth-order valence-corrected chi connectivity index (χ4v) is 2.22. The average Bonchev–Trinajstić information content (AvgIpc) is 2.42. The van der Waals surface area contributed by atoms with Gasteiger partial charge in [0.15, 0.2) is 0 Å². The van der Waals surface area contributed by atoms with E-state index < -0.39 is 0 Å². The molecule has 100 valence electrons. The van der Waals surface area contributed by atoms with Crippen molar-refractivity contribution >= 4 is 29.3 Å². The van der Waals surface area contributed by atoms with Gasteiger partial charge in [-0.25, -0.2) is 0 Å². The number of nitrogens with one attached hydrogen (secondary N) is 1. The molecule has 0 heterocycles. The molecule has 0 radical (unpaired) electrons. The van der Waals surface area contributed by atoms with Crippen LogP contribution >= 0.6 is 23.4 Å². The van der Waals surface area contributed by atoms with Crippen LogP contribution in [0.1, 0.15) is 36.0 Å². The van der Waals surface area contributed by atoms with E-state index in [0.29, 0.717) is 0 Å². The third-order valence-corrected chi connectivity index (χ3v) is 3.71. The molecule has 1 N–H and O–H groups in total. The molecule has 18 heavy (non-hydrogen) atoms. The Morgan fingerprint density at radius 2 is 1.83 bits per heavy atom. The predicted octanol–water partition coefficient (Wildman–Crippen LogP) is 3.94. The van der Waals surface area contributed by atoms with Crippen molar-refractivity contribution in [1.82, 2.24) is 5.32 Å². The van der Waals surface area contributed by atoms with Crippen LogP contribution < -0.4 is 5.32 Å². The number of alkyl halides is 1. The minimum Gasteiger partial charge on any atom is -0.352 e. The summed E-state index contributed by atoms with van der Waals surface area (Å²) in [6, 6.07) is 7.68. The second-order valence-electron chi connectivity index (χ2n) is 4.09. The van der Waals surface area contributed by atoms with Crippen molar-refractivity contribution in [3.05, 3.63) is 29.8 Å². The molecule has 1 amide bonds. The highest BCUT2D eigenvalue weighted by molar-refractivity contribution is 7.98. The lowest BCUT2D eigenvalue weighted by Gasteiger charge is -2.05. The van der Waals surface area contributed by atoms with Gasteiger partial charge >= 0.3 is 0 Å². The Morgan fingerprint density at radius 3 is 2.44 bits per heavy atom. The molecular formula is C14H20ClNOS.